The van der Waals surface area contributed by atoms with E-state index in [1.54, 1.807) is 7.11 Å². The average Bonchev–Trinajstić information content (AvgIpc) is 2.84. The first-order chi connectivity index (χ1) is 11.2. The first-order valence-electron chi connectivity index (χ1n) is 8.65. The summed E-state index contributed by atoms with van der Waals surface area (Å²) in [4.78, 5) is 23.9. The predicted molar refractivity (Wildman–Crippen MR) is 90.6 cm³/mol. The highest BCUT2D eigenvalue weighted by Gasteiger charge is 2.19. The lowest BCUT2D eigenvalue weighted by atomic mass is 10.1. The number of ether oxygens (including phenoxy) is 1. The highest BCUT2D eigenvalue weighted by molar-refractivity contribution is 6.36. The maximum absolute atomic E-state index is 12.0. The van der Waals surface area contributed by atoms with Crippen LogP contribution in [0.2, 0.25) is 0 Å². The van der Waals surface area contributed by atoms with Gasteiger partial charge in [0, 0.05) is 12.5 Å². The highest BCUT2D eigenvalue weighted by atomic mass is 16.5. The van der Waals surface area contributed by atoms with E-state index in [1.807, 2.05) is 24.3 Å². The summed E-state index contributed by atoms with van der Waals surface area (Å²) in [5, 5.41) is 2.92. The molecule has 1 aliphatic rings. The van der Waals surface area contributed by atoms with Crippen LogP contribution in [0.4, 0.5) is 0 Å². The molecule has 0 unspecified atom stereocenters. The fraction of sp³-hybridized carbons (Fsp3) is 0.579. The molecule has 1 amide bonds. The Labute approximate surface area is 138 Å². The van der Waals surface area contributed by atoms with E-state index in [-0.39, 0.29) is 11.8 Å². The molecule has 0 atom stereocenters. The molecule has 4 heteroatoms. The van der Waals surface area contributed by atoms with Gasteiger partial charge >= 0.3 is 0 Å². The number of carbonyl (C=O) groups is 2. The van der Waals surface area contributed by atoms with Crippen LogP contribution in [0.25, 0.3) is 0 Å². The monoisotopic (exact) mass is 317 g/mol. The number of benzene rings is 1. The van der Waals surface area contributed by atoms with E-state index in [0.717, 1.165) is 43.4 Å². The molecule has 1 N–H and O–H groups in total. The highest BCUT2D eigenvalue weighted by Crippen LogP contribution is 2.17. The fourth-order valence-electron chi connectivity index (χ4n) is 3.05. The van der Waals surface area contributed by atoms with Crippen LogP contribution in [0.1, 0.15) is 56.9 Å². The molecule has 0 spiro atoms. The lowest BCUT2D eigenvalue weighted by Gasteiger charge is -2.15. The zero-order valence-corrected chi connectivity index (χ0v) is 14.0. The van der Waals surface area contributed by atoms with Crippen LogP contribution in [0.15, 0.2) is 24.3 Å². The maximum Gasteiger partial charge on any atom is 0.287 e. The molecule has 4 nitrogen and oxygen atoms in total. The van der Waals surface area contributed by atoms with E-state index in [2.05, 4.69) is 5.32 Å². The zero-order chi connectivity index (χ0) is 16.5. The molecule has 0 bridgehead atoms. The minimum Gasteiger partial charge on any atom is -0.497 e. The molecule has 23 heavy (non-hydrogen) atoms. The molecule has 1 fully saturated rings. The SMILES string of the molecule is COc1ccc(CCCC(=O)C(=O)NC2CCCCCC2)cc1. The zero-order valence-electron chi connectivity index (χ0n) is 14.0. The van der Waals surface area contributed by atoms with Gasteiger partial charge in [0.1, 0.15) is 5.75 Å². The summed E-state index contributed by atoms with van der Waals surface area (Å²) in [6.45, 7) is 0. The number of nitrogens with one attached hydrogen (secondary N) is 1. The summed E-state index contributed by atoms with van der Waals surface area (Å²) in [5.74, 6) is 0.141. The van der Waals surface area contributed by atoms with Gasteiger partial charge in [-0.05, 0) is 43.4 Å². The van der Waals surface area contributed by atoms with Crippen molar-refractivity contribution < 1.29 is 14.3 Å². The largest absolute Gasteiger partial charge is 0.497 e. The van der Waals surface area contributed by atoms with Gasteiger partial charge in [0.2, 0.25) is 5.78 Å². The van der Waals surface area contributed by atoms with Crippen molar-refractivity contribution in [2.45, 2.75) is 63.8 Å². The van der Waals surface area contributed by atoms with Crippen LogP contribution in [0.5, 0.6) is 5.75 Å². The number of carbonyl (C=O) groups excluding carboxylic acids is 2. The van der Waals surface area contributed by atoms with Crippen LogP contribution in [-0.4, -0.2) is 24.8 Å². The van der Waals surface area contributed by atoms with E-state index in [1.165, 1.54) is 12.8 Å². The van der Waals surface area contributed by atoms with Crippen molar-refractivity contribution in [3.63, 3.8) is 0 Å². The molecule has 1 aromatic rings. The Kier molecular flexibility index (Phi) is 7.11. The topological polar surface area (TPSA) is 55.4 Å². The van der Waals surface area contributed by atoms with Crippen LogP contribution in [0, 0.1) is 0 Å². The van der Waals surface area contributed by atoms with Crippen molar-refractivity contribution in [2.24, 2.45) is 0 Å². The number of amides is 1. The van der Waals surface area contributed by atoms with Crippen molar-refractivity contribution in [2.75, 3.05) is 7.11 Å². The van der Waals surface area contributed by atoms with Gasteiger partial charge in [0.15, 0.2) is 0 Å². The van der Waals surface area contributed by atoms with Gasteiger partial charge in [-0.3, -0.25) is 9.59 Å². The van der Waals surface area contributed by atoms with Crippen LogP contribution in [0.3, 0.4) is 0 Å². The summed E-state index contributed by atoms with van der Waals surface area (Å²) in [7, 11) is 1.64. The van der Waals surface area contributed by atoms with E-state index in [4.69, 9.17) is 4.74 Å². The lowest BCUT2D eigenvalue weighted by molar-refractivity contribution is -0.138. The molecular weight excluding hydrogens is 290 g/mol. The number of methoxy groups -OCH3 is 1. The second kappa shape index (κ2) is 9.33. The molecule has 0 heterocycles. The second-order valence-corrected chi connectivity index (χ2v) is 6.29. The Morgan fingerprint density at radius 2 is 1.74 bits per heavy atom. The number of ketones is 1. The van der Waals surface area contributed by atoms with Crippen LogP contribution in [-0.2, 0) is 16.0 Å². The van der Waals surface area contributed by atoms with Crippen molar-refractivity contribution in [3.05, 3.63) is 29.8 Å². The smallest absolute Gasteiger partial charge is 0.287 e. The van der Waals surface area contributed by atoms with E-state index < -0.39 is 5.91 Å². The molecule has 1 saturated carbocycles. The Bertz CT molecular complexity index is 502. The number of aryl methyl sites for hydroxylation is 1. The third-order valence-corrected chi connectivity index (χ3v) is 4.47. The number of Topliss-reactive ketones (excluding diaryl/α,β-unsaturated/α-hetero) is 1. The van der Waals surface area contributed by atoms with Gasteiger partial charge < -0.3 is 10.1 Å². The molecule has 0 radical (unpaired) electrons. The van der Waals surface area contributed by atoms with E-state index >= 15 is 0 Å². The predicted octanol–water partition coefficient (Wildman–Crippen LogP) is 3.43. The number of hydrogen-bond acceptors (Lipinski definition) is 3. The van der Waals surface area contributed by atoms with Crippen LogP contribution >= 0.6 is 0 Å². The van der Waals surface area contributed by atoms with Crippen molar-refractivity contribution in [1.82, 2.24) is 5.32 Å². The van der Waals surface area contributed by atoms with Crippen molar-refractivity contribution in [3.8, 4) is 5.75 Å². The Balaban J connectivity index is 1.69. The van der Waals surface area contributed by atoms with Gasteiger partial charge in [0.25, 0.3) is 5.91 Å². The van der Waals surface area contributed by atoms with E-state index in [9.17, 15) is 9.59 Å². The summed E-state index contributed by atoms with van der Waals surface area (Å²) in [6, 6.07) is 8.01. The number of rotatable bonds is 7. The molecule has 1 aliphatic carbocycles. The minimum absolute atomic E-state index is 0.190. The van der Waals surface area contributed by atoms with Gasteiger partial charge in [-0.2, -0.15) is 0 Å². The second-order valence-electron chi connectivity index (χ2n) is 6.29. The van der Waals surface area contributed by atoms with Gasteiger partial charge in [-0.15, -0.1) is 0 Å². The first kappa shape index (κ1) is 17.5. The normalized spacial score (nSPS) is 15.7. The fourth-order valence-corrected chi connectivity index (χ4v) is 3.05. The maximum atomic E-state index is 12.0. The molecule has 0 aromatic heterocycles. The minimum atomic E-state index is -0.397. The molecule has 126 valence electrons. The number of hydrogen-bond donors (Lipinski definition) is 1. The first-order valence-corrected chi connectivity index (χ1v) is 8.65. The Morgan fingerprint density at radius 1 is 1.09 bits per heavy atom. The van der Waals surface area contributed by atoms with Gasteiger partial charge in [-0.1, -0.05) is 37.8 Å². The molecule has 0 saturated heterocycles. The Morgan fingerprint density at radius 3 is 2.35 bits per heavy atom. The third-order valence-electron chi connectivity index (χ3n) is 4.47. The molecule has 1 aromatic carbocycles. The van der Waals surface area contributed by atoms with Gasteiger partial charge in [-0.25, -0.2) is 0 Å². The summed E-state index contributed by atoms with van der Waals surface area (Å²) in [6.07, 6.45) is 8.59. The van der Waals surface area contributed by atoms with E-state index in [0.29, 0.717) is 12.8 Å². The van der Waals surface area contributed by atoms with Crippen molar-refractivity contribution >= 4 is 11.7 Å². The molecular formula is C19H27NO3. The molecule has 2 rings (SSSR count). The Hall–Kier alpha value is -1.84. The average molecular weight is 317 g/mol. The van der Waals surface area contributed by atoms with Crippen molar-refractivity contribution in [1.29, 1.82) is 0 Å². The quantitative estimate of drug-likeness (QED) is 0.619. The van der Waals surface area contributed by atoms with Crippen LogP contribution < -0.4 is 10.1 Å². The van der Waals surface area contributed by atoms with Gasteiger partial charge in [0.05, 0.1) is 7.11 Å². The summed E-state index contributed by atoms with van der Waals surface area (Å²) >= 11 is 0. The standard InChI is InChI=1S/C19H27NO3/c1-23-17-13-11-15(12-14-17)7-6-10-18(21)19(22)20-16-8-4-2-3-5-9-16/h11-14,16H,2-10H2,1H3,(H,20,22). The third kappa shape index (κ3) is 6.05. The molecule has 0 aliphatic heterocycles. The lowest BCUT2D eigenvalue weighted by Crippen LogP contribution is -2.39. The summed E-state index contributed by atoms with van der Waals surface area (Å²) < 4.78 is 5.12. The summed E-state index contributed by atoms with van der Waals surface area (Å²) in [5.41, 5.74) is 1.16.